The second-order valence-corrected chi connectivity index (χ2v) is 10.9. The molecule has 0 saturated carbocycles. The molecule has 2 amide bonds. The van der Waals surface area contributed by atoms with Gasteiger partial charge in [0.25, 0.3) is 11.8 Å². The van der Waals surface area contributed by atoms with Crippen LogP contribution in [0, 0.1) is 12.7 Å². The van der Waals surface area contributed by atoms with E-state index in [1.807, 2.05) is 53.1 Å². The number of carbonyl (C=O) groups excluding carboxylic acids is 2. The van der Waals surface area contributed by atoms with Gasteiger partial charge in [-0.15, -0.1) is 11.3 Å². The molecule has 5 aromatic rings. The highest BCUT2D eigenvalue weighted by atomic mass is 32.1. The van der Waals surface area contributed by atoms with Gasteiger partial charge in [-0.25, -0.2) is 4.39 Å². The third-order valence-electron chi connectivity index (χ3n) is 7.67. The van der Waals surface area contributed by atoms with Gasteiger partial charge in [0.2, 0.25) is 0 Å². The van der Waals surface area contributed by atoms with Crippen LogP contribution in [0.5, 0.6) is 0 Å². The van der Waals surface area contributed by atoms with Gasteiger partial charge in [0, 0.05) is 44.1 Å². The number of carbonyl (C=O) groups is 2. The zero-order valence-electron chi connectivity index (χ0n) is 21.5. The summed E-state index contributed by atoms with van der Waals surface area (Å²) in [6.45, 7) is 3.38. The molecule has 0 radical (unpaired) electrons. The van der Waals surface area contributed by atoms with E-state index in [9.17, 15) is 14.0 Å². The van der Waals surface area contributed by atoms with Crippen LogP contribution in [0.1, 0.15) is 50.7 Å². The Labute approximate surface area is 223 Å². The van der Waals surface area contributed by atoms with Gasteiger partial charge in [-0.2, -0.15) is 0 Å². The van der Waals surface area contributed by atoms with Crippen LogP contribution in [0.15, 0.2) is 58.3 Å². The Morgan fingerprint density at radius 2 is 1.92 bits per heavy atom. The van der Waals surface area contributed by atoms with E-state index >= 15 is 0 Å². The van der Waals surface area contributed by atoms with Gasteiger partial charge in [-0.05, 0) is 84.8 Å². The Morgan fingerprint density at radius 1 is 1.13 bits per heavy atom. The fourth-order valence-corrected chi connectivity index (χ4v) is 6.54. The predicted molar refractivity (Wildman–Crippen MR) is 148 cm³/mol. The number of rotatable bonds is 4. The molecule has 3 aromatic heterocycles. The summed E-state index contributed by atoms with van der Waals surface area (Å²) in [7, 11) is 3.53. The first-order valence-electron chi connectivity index (χ1n) is 12.7. The van der Waals surface area contributed by atoms with Gasteiger partial charge in [-0.3, -0.25) is 9.59 Å². The van der Waals surface area contributed by atoms with Crippen molar-refractivity contribution < 1.29 is 18.4 Å². The van der Waals surface area contributed by atoms with Gasteiger partial charge < -0.3 is 19.2 Å². The molecule has 2 aromatic carbocycles. The number of furan rings is 1. The molecule has 0 spiro atoms. The number of aromatic nitrogens is 1. The highest BCUT2D eigenvalue weighted by molar-refractivity contribution is 7.17. The Hall–Kier alpha value is -3.91. The molecule has 1 aliphatic rings. The third kappa shape index (κ3) is 4.00. The van der Waals surface area contributed by atoms with Crippen LogP contribution in [0.3, 0.4) is 0 Å². The summed E-state index contributed by atoms with van der Waals surface area (Å²) < 4.78 is 22.8. The minimum absolute atomic E-state index is 0.0484. The van der Waals surface area contributed by atoms with Crippen LogP contribution in [0.25, 0.3) is 32.5 Å². The number of piperidine rings is 1. The summed E-state index contributed by atoms with van der Waals surface area (Å²) in [6, 6.07) is 14.0. The number of likely N-dealkylation sites (tertiary alicyclic amines) is 1. The largest absolute Gasteiger partial charge is 0.455 e. The number of nitrogens with one attached hydrogen (secondary N) is 1. The lowest BCUT2D eigenvalue weighted by atomic mass is 9.86. The zero-order chi connectivity index (χ0) is 26.6. The van der Waals surface area contributed by atoms with Crippen LogP contribution in [0.2, 0.25) is 0 Å². The van der Waals surface area contributed by atoms with Crippen LogP contribution < -0.4 is 5.32 Å². The summed E-state index contributed by atoms with van der Waals surface area (Å²) >= 11 is 1.64. The number of nitrogens with zero attached hydrogens (tertiary/aromatic N) is 2. The minimum atomic E-state index is -0.351. The first kappa shape index (κ1) is 24.4. The Balaban J connectivity index is 1.37. The Morgan fingerprint density at radius 3 is 2.66 bits per heavy atom. The first-order chi connectivity index (χ1) is 18.4. The average molecular weight is 530 g/mol. The molecule has 38 heavy (non-hydrogen) atoms. The van der Waals surface area contributed by atoms with E-state index in [0.717, 1.165) is 46.1 Å². The van der Waals surface area contributed by atoms with Crippen molar-refractivity contribution in [2.24, 2.45) is 7.05 Å². The number of hydrogen-bond acceptors (Lipinski definition) is 4. The van der Waals surface area contributed by atoms with E-state index in [0.29, 0.717) is 34.7 Å². The van der Waals surface area contributed by atoms with Gasteiger partial charge in [0.05, 0.1) is 15.8 Å². The number of benzene rings is 2. The molecule has 0 bridgehead atoms. The van der Waals surface area contributed by atoms with Crippen molar-refractivity contribution in [1.82, 2.24) is 14.8 Å². The fourth-order valence-electron chi connectivity index (χ4n) is 5.69. The second-order valence-electron chi connectivity index (χ2n) is 9.95. The fraction of sp³-hybridized carbons (Fsp3) is 0.267. The number of hydrogen-bond donors (Lipinski definition) is 1. The molecular formula is C30H28FN3O3S. The van der Waals surface area contributed by atoms with Gasteiger partial charge in [0.1, 0.15) is 22.9 Å². The van der Waals surface area contributed by atoms with Crippen molar-refractivity contribution in [1.29, 1.82) is 0 Å². The molecular weight excluding hydrogens is 501 g/mol. The molecule has 1 N–H and O–H groups in total. The molecule has 1 atom stereocenters. The summed E-state index contributed by atoms with van der Waals surface area (Å²) in [5, 5.41) is 5.48. The predicted octanol–water partition coefficient (Wildman–Crippen LogP) is 6.48. The smallest absolute Gasteiger partial charge is 0.270 e. The monoisotopic (exact) mass is 529 g/mol. The van der Waals surface area contributed by atoms with Gasteiger partial charge in [0.15, 0.2) is 0 Å². The lowest BCUT2D eigenvalue weighted by molar-refractivity contribution is 0.0697. The number of aryl methyl sites for hydroxylation is 2. The second kappa shape index (κ2) is 9.44. The van der Waals surface area contributed by atoms with E-state index in [4.69, 9.17) is 4.42 Å². The summed E-state index contributed by atoms with van der Waals surface area (Å²) in [5.74, 6) is -0.00873. The van der Waals surface area contributed by atoms with Crippen LogP contribution >= 0.6 is 11.3 Å². The maximum absolute atomic E-state index is 13.6. The van der Waals surface area contributed by atoms with E-state index in [1.54, 1.807) is 30.5 Å². The number of fused-ring (bicyclic) bond motifs is 2. The maximum atomic E-state index is 13.6. The Bertz CT molecular complexity index is 1700. The first-order valence-corrected chi connectivity index (χ1v) is 13.6. The van der Waals surface area contributed by atoms with Crippen molar-refractivity contribution in [2.75, 3.05) is 20.1 Å². The highest BCUT2D eigenvalue weighted by Gasteiger charge is 2.30. The van der Waals surface area contributed by atoms with Crippen molar-refractivity contribution in [3.05, 3.63) is 82.1 Å². The quantitative estimate of drug-likeness (QED) is 0.290. The Kier molecular flexibility index (Phi) is 6.07. The molecule has 6 rings (SSSR count). The van der Waals surface area contributed by atoms with E-state index in [-0.39, 0.29) is 23.5 Å². The van der Waals surface area contributed by atoms with Crippen LogP contribution in [-0.4, -0.2) is 41.4 Å². The van der Waals surface area contributed by atoms with Crippen LogP contribution in [-0.2, 0) is 7.05 Å². The number of halogens is 1. The SMILES string of the molecule is CNC(=O)c1c(-c2ccc(F)cc2)oc2cc(C)c(C3CCCN(C(=O)c4cc5sccc5n4C)C3)cc12. The zero-order valence-corrected chi connectivity index (χ0v) is 22.3. The molecule has 1 fully saturated rings. The van der Waals surface area contributed by atoms with E-state index in [2.05, 4.69) is 5.32 Å². The van der Waals surface area contributed by atoms with Crippen molar-refractivity contribution >= 4 is 44.3 Å². The number of thiophene rings is 1. The van der Waals surface area contributed by atoms with Crippen molar-refractivity contribution in [3.8, 4) is 11.3 Å². The topological polar surface area (TPSA) is 67.5 Å². The third-order valence-corrected chi connectivity index (χ3v) is 8.52. The lowest BCUT2D eigenvalue weighted by Gasteiger charge is -2.34. The van der Waals surface area contributed by atoms with E-state index in [1.165, 1.54) is 12.1 Å². The summed E-state index contributed by atoms with van der Waals surface area (Å²) in [5.41, 5.74) is 5.63. The molecule has 1 unspecified atom stereocenters. The lowest BCUT2D eigenvalue weighted by Crippen LogP contribution is -2.40. The minimum Gasteiger partial charge on any atom is -0.455 e. The highest BCUT2D eigenvalue weighted by Crippen LogP contribution is 2.39. The van der Waals surface area contributed by atoms with Crippen molar-refractivity contribution in [2.45, 2.75) is 25.7 Å². The van der Waals surface area contributed by atoms with Crippen molar-refractivity contribution in [3.63, 3.8) is 0 Å². The molecule has 0 aliphatic carbocycles. The summed E-state index contributed by atoms with van der Waals surface area (Å²) in [4.78, 5) is 28.5. The number of amides is 2. The molecule has 1 saturated heterocycles. The van der Waals surface area contributed by atoms with E-state index < -0.39 is 0 Å². The molecule has 4 heterocycles. The van der Waals surface area contributed by atoms with Gasteiger partial charge in [-0.1, -0.05) is 0 Å². The van der Waals surface area contributed by atoms with Gasteiger partial charge >= 0.3 is 0 Å². The van der Waals surface area contributed by atoms with Crippen LogP contribution in [0.4, 0.5) is 4.39 Å². The molecule has 1 aliphatic heterocycles. The average Bonchev–Trinajstić information content (AvgIpc) is 3.62. The summed E-state index contributed by atoms with van der Waals surface area (Å²) in [6.07, 6.45) is 1.86. The molecule has 6 nitrogen and oxygen atoms in total. The normalized spacial score (nSPS) is 15.9. The molecule has 194 valence electrons. The maximum Gasteiger partial charge on any atom is 0.270 e. The molecule has 8 heteroatoms. The standard InChI is InChI=1S/C30H28FN3O3S/c1-17-13-25-22(27(29(35)32-2)28(37-25)18-6-8-20(31)9-7-18)14-21(17)19-5-4-11-34(16-19)30(36)24-15-26-23(33(24)3)10-12-38-26/h6-10,12-15,19H,4-5,11,16H2,1-3H3,(H,32,35).